The van der Waals surface area contributed by atoms with Crippen LogP contribution in [0.25, 0.3) is 0 Å². The van der Waals surface area contributed by atoms with Gasteiger partial charge in [0.1, 0.15) is 5.54 Å². The van der Waals surface area contributed by atoms with E-state index in [1.807, 2.05) is 13.8 Å². The summed E-state index contributed by atoms with van der Waals surface area (Å²) in [6.45, 7) is 8.22. The van der Waals surface area contributed by atoms with Crippen molar-refractivity contribution in [3.05, 3.63) is 0 Å². The molecule has 0 radical (unpaired) electrons. The van der Waals surface area contributed by atoms with Crippen LogP contribution in [0.15, 0.2) is 0 Å². The fraction of sp³-hybridized carbons (Fsp3) is 0.900. The van der Waals surface area contributed by atoms with Crippen molar-refractivity contribution >= 4 is 5.97 Å². The molecule has 0 saturated carbocycles. The lowest BCUT2D eigenvalue weighted by molar-refractivity contribution is -0.150. The molecule has 0 heterocycles. The first kappa shape index (κ1) is 13.4. The highest BCUT2D eigenvalue weighted by molar-refractivity contribution is 5.80. The minimum absolute atomic E-state index is 0.0283. The molecule has 0 aliphatic carbocycles. The first-order chi connectivity index (χ1) is 6.44. The van der Waals surface area contributed by atoms with Gasteiger partial charge in [-0.1, -0.05) is 0 Å². The molecule has 4 nitrogen and oxygen atoms in total. The van der Waals surface area contributed by atoms with E-state index >= 15 is 0 Å². The molecule has 14 heavy (non-hydrogen) atoms. The molecule has 0 fully saturated rings. The Bertz CT molecular complexity index is 180. The van der Waals surface area contributed by atoms with E-state index in [-0.39, 0.29) is 12.1 Å². The van der Waals surface area contributed by atoms with Gasteiger partial charge >= 0.3 is 5.97 Å². The van der Waals surface area contributed by atoms with Crippen molar-refractivity contribution in [2.75, 3.05) is 13.2 Å². The van der Waals surface area contributed by atoms with Crippen molar-refractivity contribution in [2.45, 2.75) is 45.8 Å². The van der Waals surface area contributed by atoms with Crippen molar-refractivity contribution in [1.29, 1.82) is 0 Å². The number of carbonyl (C=O) groups is 1. The van der Waals surface area contributed by atoms with Gasteiger partial charge in [0.05, 0.1) is 12.7 Å². The van der Waals surface area contributed by atoms with Crippen molar-refractivity contribution in [3.63, 3.8) is 0 Å². The van der Waals surface area contributed by atoms with Crippen molar-refractivity contribution in [3.8, 4) is 0 Å². The van der Waals surface area contributed by atoms with Crippen LogP contribution in [0.5, 0.6) is 0 Å². The van der Waals surface area contributed by atoms with Gasteiger partial charge in [0, 0.05) is 13.0 Å². The second kappa shape index (κ2) is 5.98. The molecule has 0 spiro atoms. The number of ether oxygens (including phenoxy) is 2. The van der Waals surface area contributed by atoms with Crippen LogP contribution in [-0.2, 0) is 14.3 Å². The molecule has 0 bridgehead atoms. The molecule has 0 amide bonds. The monoisotopic (exact) mass is 203 g/mol. The van der Waals surface area contributed by atoms with E-state index in [0.717, 1.165) is 0 Å². The van der Waals surface area contributed by atoms with Crippen LogP contribution in [0.3, 0.4) is 0 Å². The minimum atomic E-state index is -0.954. The predicted octanol–water partition coefficient (Wildman–Crippen LogP) is 1.08. The van der Waals surface area contributed by atoms with E-state index in [0.29, 0.717) is 19.6 Å². The first-order valence-corrected chi connectivity index (χ1v) is 5.01. The lowest BCUT2D eigenvalue weighted by atomic mass is 9.96. The van der Waals surface area contributed by atoms with Gasteiger partial charge in [-0.2, -0.15) is 0 Å². The summed E-state index contributed by atoms with van der Waals surface area (Å²) in [5.41, 5.74) is 4.87. The minimum Gasteiger partial charge on any atom is -0.465 e. The number of hydrogen-bond acceptors (Lipinski definition) is 4. The summed E-state index contributed by atoms with van der Waals surface area (Å²) >= 11 is 0. The highest BCUT2D eigenvalue weighted by Crippen LogP contribution is 2.13. The van der Waals surface area contributed by atoms with Crippen molar-refractivity contribution < 1.29 is 14.3 Å². The number of nitrogens with two attached hydrogens (primary N) is 1. The number of esters is 1. The largest absolute Gasteiger partial charge is 0.465 e. The first-order valence-electron chi connectivity index (χ1n) is 5.01. The lowest BCUT2D eigenvalue weighted by Crippen LogP contribution is -2.48. The van der Waals surface area contributed by atoms with Crippen LogP contribution in [0.1, 0.15) is 34.1 Å². The standard InChI is InChI=1S/C10H21NO3/c1-5-13-8(3)7-10(4,11)9(12)14-6-2/h8H,5-7,11H2,1-4H3. The third kappa shape index (κ3) is 4.58. The smallest absolute Gasteiger partial charge is 0.325 e. The van der Waals surface area contributed by atoms with Gasteiger partial charge < -0.3 is 15.2 Å². The van der Waals surface area contributed by atoms with Crippen LogP contribution >= 0.6 is 0 Å². The highest BCUT2D eigenvalue weighted by atomic mass is 16.5. The second-order valence-electron chi connectivity index (χ2n) is 3.61. The third-order valence-electron chi connectivity index (χ3n) is 1.90. The Morgan fingerprint density at radius 2 is 2.00 bits per heavy atom. The van der Waals surface area contributed by atoms with Gasteiger partial charge in [0.15, 0.2) is 0 Å². The summed E-state index contributed by atoms with van der Waals surface area (Å²) in [6, 6.07) is 0. The topological polar surface area (TPSA) is 61.5 Å². The molecular weight excluding hydrogens is 182 g/mol. The average Bonchev–Trinajstić information content (AvgIpc) is 2.03. The molecule has 0 aliphatic rings. The van der Waals surface area contributed by atoms with Gasteiger partial charge in [-0.25, -0.2) is 0 Å². The van der Waals surface area contributed by atoms with E-state index in [1.165, 1.54) is 0 Å². The summed E-state index contributed by atoms with van der Waals surface area (Å²) < 4.78 is 10.2. The molecule has 0 aromatic rings. The van der Waals surface area contributed by atoms with Crippen molar-refractivity contribution in [2.24, 2.45) is 5.73 Å². The summed E-state index contributed by atoms with van der Waals surface area (Å²) in [5, 5.41) is 0. The van der Waals surface area contributed by atoms with Gasteiger partial charge in [-0.15, -0.1) is 0 Å². The molecular formula is C10H21NO3. The maximum atomic E-state index is 11.4. The maximum Gasteiger partial charge on any atom is 0.325 e. The summed E-state index contributed by atoms with van der Waals surface area (Å²) in [6.07, 6.45) is 0.444. The SMILES string of the molecule is CCOC(=O)C(C)(N)CC(C)OCC. The molecule has 2 N–H and O–H groups in total. The second-order valence-corrected chi connectivity index (χ2v) is 3.61. The molecule has 84 valence electrons. The molecule has 0 rings (SSSR count). The van der Waals surface area contributed by atoms with Crippen LogP contribution in [-0.4, -0.2) is 30.8 Å². The Morgan fingerprint density at radius 1 is 1.43 bits per heavy atom. The van der Waals surface area contributed by atoms with E-state index in [2.05, 4.69) is 0 Å². The third-order valence-corrected chi connectivity index (χ3v) is 1.90. The fourth-order valence-corrected chi connectivity index (χ4v) is 1.32. The number of carbonyl (C=O) groups excluding carboxylic acids is 1. The Hall–Kier alpha value is -0.610. The van der Waals surface area contributed by atoms with Gasteiger partial charge in [0.25, 0.3) is 0 Å². The molecule has 2 unspecified atom stereocenters. The molecule has 0 aromatic carbocycles. The molecule has 0 aromatic heterocycles. The van der Waals surface area contributed by atoms with Gasteiger partial charge in [-0.05, 0) is 27.7 Å². The Labute approximate surface area is 85.8 Å². The molecule has 4 heteroatoms. The predicted molar refractivity (Wildman–Crippen MR) is 54.9 cm³/mol. The van der Waals surface area contributed by atoms with Crippen LogP contribution < -0.4 is 5.73 Å². The number of hydrogen-bond donors (Lipinski definition) is 1. The van der Waals surface area contributed by atoms with E-state index in [4.69, 9.17) is 15.2 Å². The summed E-state index contributed by atoms with van der Waals surface area (Å²) in [5.74, 6) is -0.369. The molecule has 0 saturated heterocycles. The lowest BCUT2D eigenvalue weighted by Gasteiger charge is -2.25. The Kier molecular flexibility index (Phi) is 5.72. The fourth-order valence-electron chi connectivity index (χ4n) is 1.32. The highest BCUT2D eigenvalue weighted by Gasteiger charge is 2.31. The zero-order valence-corrected chi connectivity index (χ0v) is 9.50. The average molecular weight is 203 g/mol. The maximum absolute atomic E-state index is 11.4. The quantitative estimate of drug-likeness (QED) is 0.656. The Morgan fingerprint density at radius 3 is 2.43 bits per heavy atom. The van der Waals surface area contributed by atoms with Crippen LogP contribution in [0.2, 0.25) is 0 Å². The van der Waals surface area contributed by atoms with E-state index < -0.39 is 5.54 Å². The van der Waals surface area contributed by atoms with Crippen molar-refractivity contribution in [1.82, 2.24) is 0 Å². The molecule has 2 atom stereocenters. The van der Waals surface area contributed by atoms with Gasteiger partial charge in [-0.3, -0.25) is 4.79 Å². The summed E-state index contributed by atoms with van der Waals surface area (Å²) in [4.78, 5) is 11.4. The van der Waals surface area contributed by atoms with Crippen LogP contribution in [0, 0.1) is 0 Å². The zero-order valence-electron chi connectivity index (χ0n) is 9.50. The zero-order chi connectivity index (χ0) is 11.2. The molecule has 0 aliphatic heterocycles. The number of rotatable bonds is 6. The Balaban J connectivity index is 4.10. The van der Waals surface area contributed by atoms with E-state index in [1.54, 1.807) is 13.8 Å². The normalized spacial score (nSPS) is 17.2. The van der Waals surface area contributed by atoms with E-state index in [9.17, 15) is 4.79 Å². The van der Waals surface area contributed by atoms with Gasteiger partial charge in [0.2, 0.25) is 0 Å². The van der Waals surface area contributed by atoms with Crippen LogP contribution in [0.4, 0.5) is 0 Å². The summed E-state index contributed by atoms with van der Waals surface area (Å²) in [7, 11) is 0.